The molecule has 0 bridgehead atoms. The first-order valence-electron chi connectivity index (χ1n) is 6.37. The van der Waals surface area contributed by atoms with Crippen LogP contribution in [0.2, 0.25) is 0 Å². The highest BCUT2D eigenvalue weighted by atomic mass is 16.5. The van der Waals surface area contributed by atoms with E-state index in [0.717, 1.165) is 17.6 Å². The normalized spacial score (nSPS) is 11.7. The lowest BCUT2D eigenvalue weighted by Crippen LogP contribution is -2.26. The van der Waals surface area contributed by atoms with E-state index in [1.165, 1.54) is 0 Å². The Kier molecular flexibility index (Phi) is 3.82. The predicted molar refractivity (Wildman–Crippen MR) is 72.5 cm³/mol. The summed E-state index contributed by atoms with van der Waals surface area (Å²) in [6.07, 6.45) is 0. The highest BCUT2D eigenvalue weighted by molar-refractivity contribution is 5.75. The summed E-state index contributed by atoms with van der Waals surface area (Å²) in [5.74, 6) is 0. The second-order valence-corrected chi connectivity index (χ2v) is 5.36. The number of hydrogen-bond donors (Lipinski definition) is 0. The number of benzene rings is 1. The van der Waals surface area contributed by atoms with Crippen molar-refractivity contribution in [2.24, 2.45) is 5.41 Å². The Morgan fingerprint density at radius 2 is 2.21 bits per heavy atom. The van der Waals surface area contributed by atoms with Crippen molar-refractivity contribution in [3.63, 3.8) is 0 Å². The van der Waals surface area contributed by atoms with Gasteiger partial charge in [-0.05, 0) is 25.1 Å². The summed E-state index contributed by atoms with van der Waals surface area (Å²) < 4.78 is 7.36. The smallest absolute Gasteiger partial charge is 0.114 e. The molecule has 0 saturated carbocycles. The minimum absolute atomic E-state index is 0.00938. The van der Waals surface area contributed by atoms with Crippen LogP contribution in [-0.2, 0) is 11.3 Å². The molecule has 0 spiro atoms. The summed E-state index contributed by atoms with van der Waals surface area (Å²) in [4.78, 5) is 0. The molecule has 0 unspecified atom stereocenters. The first kappa shape index (κ1) is 13.5. The monoisotopic (exact) mass is 258 g/mol. The van der Waals surface area contributed by atoms with Gasteiger partial charge in [-0.3, -0.25) is 0 Å². The number of rotatable bonds is 5. The molecular weight excluding hydrogens is 240 g/mol. The van der Waals surface area contributed by atoms with Crippen molar-refractivity contribution in [3.05, 3.63) is 23.8 Å². The van der Waals surface area contributed by atoms with Gasteiger partial charge in [0.25, 0.3) is 0 Å². The molecule has 5 heteroatoms. The summed E-state index contributed by atoms with van der Waals surface area (Å²) in [6, 6.07) is 7.55. The Morgan fingerprint density at radius 3 is 2.89 bits per heavy atom. The van der Waals surface area contributed by atoms with E-state index in [0.29, 0.717) is 18.8 Å². The zero-order valence-corrected chi connectivity index (χ0v) is 11.6. The molecule has 0 amide bonds. The summed E-state index contributed by atoms with van der Waals surface area (Å²) in [6.45, 7) is 8.40. The molecular formula is C14H18N4O. The molecule has 0 fully saturated rings. The molecule has 1 aromatic heterocycles. The van der Waals surface area contributed by atoms with Crippen molar-refractivity contribution in [1.82, 2.24) is 15.0 Å². The fraction of sp³-hybridized carbons (Fsp3) is 0.500. The maximum Gasteiger partial charge on any atom is 0.114 e. The topological polar surface area (TPSA) is 63.7 Å². The van der Waals surface area contributed by atoms with E-state index in [1.807, 2.05) is 17.7 Å². The second-order valence-electron chi connectivity index (χ2n) is 5.36. The Labute approximate surface area is 112 Å². The molecule has 0 saturated heterocycles. The third-order valence-electron chi connectivity index (χ3n) is 2.92. The second kappa shape index (κ2) is 5.37. The standard InChI is InChI=1S/C14H18N4O/c1-4-19-10-14(2,3)9-18-13-6-5-11(8-15)7-12(13)16-17-18/h5-7H,4,9-10H2,1-3H3. The van der Waals surface area contributed by atoms with E-state index in [-0.39, 0.29) is 5.41 Å². The van der Waals surface area contributed by atoms with Crippen molar-refractivity contribution in [2.45, 2.75) is 27.3 Å². The van der Waals surface area contributed by atoms with E-state index in [1.54, 1.807) is 12.1 Å². The molecule has 100 valence electrons. The van der Waals surface area contributed by atoms with Crippen molar-refractivity contribution in [3.8, 4) is 6.07 Å². The minimum Gasteiger partial charge on any atom is -0.381 e. The van der Waals surface area contributed by atoms with Gasteiger partial charge in [0.2, 0.25) is 0 Å². The molecule has 5 nitrogen and oxygen atoms in total. The number of hydrogen-bond acceptors (Lipinski definition) is 4. The lowest BCUT2D eigenvalue weighted by molar-refractivity contribution is 0.0594. The third kappa shape index (κ3) is 3.09. The van der Waals surface area contributed by atoms with E-state index >= 15 is 0 Å². The molecule has 0 aliphatic carbocycles. The number of nitrogens with zero attached hydrogens (tertiary/aromatic N) is 4. The van der Waals surface area contributed by atoms with Crippen LogP contribution >= 0.6 is 0 Å². The fourth-order valence-corrected chi connectivity index (χ4v) is 1.99. The van der Waals surface area contributed by atoms with Gasteiger partial charge in [0.05, 0.1) is 30.3 Å². The largest absolute Gasteiger partial charge is 0.381 e. The van der Waals surface area contributed by atoms with E-state index in [9.17, 15) is 0 Å². The molecule has 2 aromatic rings. The minimum atomic E-state index is -0.00938. The maximum absolute atomic E-state index is 8.87. The third-order valence-corrected chi connectivity index (χ3v) is 2.92. The first-order chi connectivity index (χ1) is 9.05. The Hall–Kier alpha value is -1.93. The van der Waals surface area contributed by atoms with E-state index in [2.05, 4.69) is 30.2 Å². The molecule has 0 N–H and O–H groups in total. The molecule has 0 atom stereocenters. The average molecular weight is 258 g/mol. The van der Waals surface area contributed by atoms with Crippen LogP contribution in [-0.4, -0.2) is 28.2 Å². The van der Waals surface area contributed by atoms with Gasteiger partial charge in [-0.1, -0.05) is 19.1 Å². The van der Waals surface area contributed by atoms with Crippen molar-refractivity contribution < 1.29 is 4.74 Å². The first-order valence-corrected chi connectivity index (χ1v) is 6.37. The maximum atomic E-state index is 8.87. The van der Waals surface area contributed by atoms with Gasteiger partial charge < -0.3 is 4.74 Å². The number of ether oxygens (including phenoxy) is 1. The molecule has 2 rings (SSSR count). The van der Waals surface area contributed by atoms with Gasteiger partial charge in [-0.15, -0.1) is 5.10 Å². The van der Waals surface area contributed by atoms with Crippen LogP contribution in [0.3, 0.4) is 0 Å². The molecule has 1 heterocycles. The van der Waals surface area contributed by atoms with Gasteiger partial charge in [-0.2, -0.15) is 5.26 Å². The van der Waals surface area contributed by atoms with Crippen LogP contribution in [0.25, 0.3) is 11.0 Å². The summed E-state index contributed by atoms with van der Waals surface area (Å²) in [5.41, 5.74) is 2.30. The van der Waals surface area contributed by atoms with Crippen LogP contribution in [0, 0.1) is 16.7 Å². The van der Waals surface area contributed by atoms with E-state index in [4.69, 9.17) is 10.00 Å². The zero-order chi connectivity index (χ0) is 13.9. The van der Waals surface area contributed by atoms with Gasteiger partial charge >= 0.3 is 0 Å². The predicted octanol–water partition coefficient (Wildman–Crippen LogP) is 2.37. The quantitative estimate of drug-likeness (QED) is 0.826. The van der Waals surface area contributed by atoms with Gasteiger partial charge in [0, 0.05) is 12.0 Å². The Bertz CT molecular complexity index is 609. The number of fused-ring (bicyclic) bond motifs is 1. The van der Waals surface area contributed by atoms with E-state index < -0.39 is 0 Å². The van der Waals surface area contributed by atoms with Crippen molar-refractivity contribution >= 4 is 11.0 Å². The van der Waals surface area contributed by atoms with Crippen molar-refractivity contribution in [2.75, 3.05) is 13.2 Å². The molecule has 0 aliphatic rings. The summed E-state index contributed by atoms with van der Waals surface area (Å²) in [7, 11) is 0. The number of aromatic nitrogens is 3. The SMILES string of the molecule is CCOCC(C)(C)Cn1nnc2cc(C#N)ccc21. The highest BCUT2D eigenvalue weighted by Gasteiger charge is 2.20. The Morgan fingerprint density at radius 1 is 1.42 bits per heavy atom. The van der Waals surface area contributed by atoms with Gasteiger partial charge in [0.1, 0.15) is 5.52 Å². The highest BCUT2D eigenvalue weighted by Crippen LogP contribution is 2.21. The zero-order valence-electron chi connectivity index (χ0n) is 11.6. The summed E-state index contributed by atoms with van der Waals surface area (Å²) in [5, 5.41) is 17.1. The number of nitriles is 1. The molecule has 19 heavy (non-hydrogen) atoms. The molecule has 1 aromatic carbocycles. The van der Waals surface area contributed by atoms with Crippen LogP contribution in [0.15, 0.2) is 18.2 Å². The lowest BCUT2D eigenvalue weighted by atomic mass is 9.95. The van der Waals surface area contributed by atoms with Crippen LogP contribution < -0.4 is 0 Å². The molecule has 0 radical (unpaired) electrons. The van der Waals surface area contributed by atoms with Crippen LogP contribution in [0.5, 0.6) is 0 Å². The van der Waals surface area contributed by atoms with Crippen molar-refractivity contribution in [1.29, 1.82) is 5.26 Å². The molecule has 0 aliphatic heterocycles. The Balaban J connectivity index is 2.24. The van der Waals surface area contributed by atoms with Crippen LogP contribution in [0.1, 0.15) is 26.3 Å². The lowest BCUT2D eigenvalue weighted by Gasteiger charge is -2.23. The summed E-state index contributed by atoms with van der Waals surface area (Å²) >= 11 is 0. The fourth-order valence-electron chi connectivity index (χ4n) is 1.99. The van der Waals surface area contributed by atoms with Gasteiger partial charge in [-0.25, -0.2) is 4.68 Å². The van der Waals surface area contributed by atoms with Crippen LogP contribution in [0.4, 0.5) is 0 Å². The van der Waals surface area contributed by atoms with Gasteiger partial charge in [0.15, 0.2) is 0 Å². The average Bonchev–Trinajstić information content (AvgIpc) is 2.78.